The molecule has 1 rings (SSSR count). The molecule has 20 heavy (non-hydrogen) atoms. The lowest BCUT2D eigenvalue weighted by Gasteiger charge is -2.26. The molecule has 0 fully saturated rings. The van der Waals surface area contributed by atoms with Crippen LogP contribution in [0.1, 0.15) is 32.4 Å². The Morgan fingerprint density at radius 2 is 1.95 bits per heavy atom. The molecule has 0 aromatic carbocycles. The van der Waals surface area contributed by atoms with Crippen molar-refractivity contribution >= 4 is 17.4 Å². The van der Waals surface area contributed by atoms with Crippen LogP contribution >= 0.6 is 0 Å². The summed E-state index contributed by atoms with van der Waals surface area (Å²) in [6, 6.07) is 0. The Hall–Kier alpha value is -1.72. The lowest BCUT2D eigenvalue weighted by Crippen LogP contribution is -2.38. The first-order valence-electron chi connectivity index (χ1n) is 7.20. The van der Waals surface area contributed by atoms with Gasteiger partial charge in [-0.05, 0) is 19.8 Å². The zero-order valence-electron chi connectivity index (χ0n) is 13.3. The van der Waals surface area contributed by atoms with E-state index in [1.165, 1.54) is 0 Å². The largest absolute Gasteiger partial charge is 0.394 e. The molecule has 0 bridgehead atoms. The van der Waals surface area contributed by atoms with E-state index in [1.807, 2.05) is 16.5 Å². The van der Waals surface area contributed by atoms with E-state index in [2.05, 4.69) is 18.9 Å². The van der Waals surface area contributed by atoms with E-state index in [4.69, 9.17) is 5.73 Å². The molecule has 114 valence electrons. The van der Waals surface area contributed by atoms with Crippen molar-refractivity contribution in [2.45, 2.75) is 40.2 Å². The number of likely N-dealkylation sites (N-methyl/N-ethyl adjacent to an activating group) is 1. The van der Waals surface area contributed by atoms with Gasteiger partial charge >= 0.3 is 0 Å². The molecular formula is C14H27N5O. The zero-order valence-corrected chi connectivity index (χ0v) is 13.3. The second kappa shape index (κ2) is 7.17. The lowest BCUT2D eigenvalue weighted by atomic mass is 10.3. The minimum absolute atomic E-state index is 0.0692. The smallest absolute Gasteiger partial charge is 0.241 e. The average molecular weight is 281 g/mol. The van der Waals surface area contributed by atoms with Crippen molar-refractivity contribution in [1.82, 2.24) is 14.7 Å². The summed E-state index contributed by atoms with van der Waals surface area (Å²) in [6.07, 6.45) is 1.94. The van der Waals surface area contributed by atoms with Crippen LogP contribution < -0.4 is 10.6 Å². The first kappa shape index (κ1) is 16.3. The van der Waals surface area contributed by atoms with Crippen LogP contribution in [-0.4, -0.2) is 47.8 Å². The first-order chi connectivity index (χ1) is 9.42. The first-order valence-corrected chi connectivity index (χ1v) is 7.20. The Bertz CT molecular complexity index is 453. The average Bonchev–Trinajstić information content (AvgIpc) is 2.65. The minimum atomic E-state index is 0.0692. The Kier molecular flexibility index (Phi) is 5.85. The van der Waals surface area contributed by atoms with Crippen molar-refractivity contribution in [3.05, 3.63) is 5.69 Å². The quantitative estimate of drug-likeness (QED) is 0.822. The van der Waals surface area contributed by atoms with Crippen LogP contribution in [0.25, 0.3) is 0 Å². The molecule has 0 radical (unpaired) electrons. The van der Waals surface area contributed by atoms with E-state index < -0.39 is 0 Å². The van der Waals surface area contributed by atoms with Gasteiger partial charge in [0.05, 0.1) is 17.9 Å². The van der Waals surface area contributed by atoms with E-state index in [0.717, 1.165) is 37.4 Å². The van der Waals surface area contributed by atoms with Gasteiger partial charge in [-0.15, -0.1) is 0 Å². The molecule has 1 heterocycles. The third kappa shape index (κ3) is 3.65. The van der Waals surface area contributed by atoms with Crippen molar-refractivity contribution in [2.75, 3.05) is 37.8 Å². The molecule has 0 spiro atoms. The Balaban J connectivity index is 3.10. The lowest BCUT2D eigenvalue weighted by molar-refractivity contribution is -0.127. The van der Waals surface area contributed by atoms with Gasteiger partial charge in [0.25, 0.3) is 0 Å². The molecule has 2 N–H and O–H groups in total. The van der Waals surface area contributed by atoms with Gasteiger partial charge in [0.2, 0.25) is 5.91 Å². The molecule has 0 saturated heterocycles. The highest BCUT2D eigenvalue weighted by Gasteiger charge is 2.21. The van der Waals surface area contributed by atoms with Gasteiger partial charge in [0.1, 0.15) is 0 Å². The van der Waals surface area contributed by atoms with Crippen LogP contribution in [0.3, 0.4) is 0 Å². The summed E-state index contributed by atoms with van der Waals surface area (Å²) in [5.74, 6) is 0.946. The molecule has 1 aromatic rings. The predicted molar refractivity (Wildman–Crippen MR) is 82.9 cm³/mol. The number of carbonyl (C=O) groups excluding carboxylic acids is 1. The summed E-state index contributed by atoms with van der Waals surface area (Å²) in [4.78, 5) is 15.6. The van der Waals surface area contributed by atoms with Crippen LogP contribution in [0.2, 0.25) is 0 Å². The Morgan fingerprint density at radius 3 is 2.45 bits per heavy atom. The van der Waals surface area contributed by atoms with Crippen LogP contribution in [-0.2, 0) is 11.3 Å². The van der Waals surface area contributed by atoms with Crippen LogP contribution in [0.15, 0.2) is 0 Å². The Morgan fingerprint density at radius 1 is 1.30 bits per heavy atom. The molecule has 1 amide bonds. The number of nitrogens with two attached hydrogens (primary N) is 1. The van der Waals surface area contributed by atoms with Gasteiger partial charge in [-0.1, -0.05) is 13.8 Å². The fourth-order valence-electron chi connectivity index (χ4n) is 2.12. The maximum absolute atomic E-state index is 12.0. The molecule has 6 heteroatoms. The third-order valence-electron chi connectivity index (χ3n) is 3.20. The van der Waals surface area contributed by atoms with Crippen LogP contribution in [0.4, 0.5) is 11.5 Å². The van der Waals surface area contributed by atoms with Crippen molar-refractivity contribution in [1.29, 1.82) is 0 Å². The van der Waals surface area contributed by atoms with Crippen LogP contribution in [0, 0.1) is 6.92 Å². The van der Waals surface area contributed by atoms with E-state index in [9.17, 15) is 4.79 Å². The summed E-state index contributed by atoms with van der Waals surface area (Å²) in [6.45, 7) is 8.04. The number of aromatic nitrogens is 2. The monoisotopic (exact) mass is 281 g/mol. The molecule has 0 aliphatic heterocycles. The summed E-state index contributed by atoms with van der Waals surface area (Å²) < 4.78 is 1.92. The molecule has 0 atom stereocenters. The molecular weight excluding hydrogens is 254 g/mol. The number of aryl methyl sites for hydroxylation is 2. The molecule has 6 nitrogen and oxygen atoms in total. The molecule has 0 aliphatic carbocycles. The van der Waals surface area contributed by atoms with Crippen molar-refractivity contribution in [3.8, 4) is 0 Å². The van der Waals surface area contributed by atoms with E-state index in [-0.39, 0.29) is 5.91 Å². The number of rotatable bonds is 7. The highest BCUT2D eigenvalue weighted by molar-refractivity contribution is 5.82. The Labute approximate surface area is 121 Å². The molecule has 1 aromatic heterocycles. The number of hydrogen-bond acceptors (Lipinski definition) is 4. The number of amides is 1. The maximum Gasteiger partial charge on any atom is 0.241 e. The van der Waals surface area contributed by atoms with Crippen molar-refractivity contribution in [2.24, 2.45) is 0 Å². The van der Waals surface area contributed by atoms with Gasteiger partial charge < -0.3 is 15.5 Å². The third-order valence-corrected chi connectivity index (χ3v) is 3.20. The second-order valence-corrected chi connectivity index (χ2v) is 5.26. The second-order valence-electron chi connectivity index (χ2n) is 5.26. The number of nitrogens with zero attached hydrogens (tertiary/aromatic N) is 4. The topological polar surface area (TPSA) is 67.4 Å². The van der Waals surface area contributed by atoms with Crippen LogP contribution in [0.5, 0.6) is 0 Å². The van der Waals surface area contributed by atoms with E-state index >= 15 is 0 Å². The molecule has 0 aliphatic rings. The van der Waals surface area contributed by atoms with Crippen molar-refractivity contribution in [3.63, 3.8) is 0 Å². The van der Waals surface area contributed by atoms with Crippen molar-refractivity contribution < 1.29 is 4.79 Å². The highest BCUT2D eigenvalue weighted by Crippen LogP contribution is 2.27. The number of hydrogen-bond donors (Lipinski definition) is 1. The summed E-state index contributed by atoms with van der Waals surface area (Å²) in [7, 11) is 3.54. The van der Waals surface area contributed by atoms with Gasteiger partial charge in [-0.2, -0.15) is 5.10 Å². The van der Waals surface area contributed by atoms with Gasteiger partial charge in [-0.3, -0.25) is 4.79 Å². The summed E-state index contributed by atoms with van der Waals surface area (Å²) >= 11 is 0. The maximum atomic E-state index is 12.0. The van der Waals surface area contributed by atoms with Gasteiger partial charge in [-0.25, -0.2) is 4.68 Å². The molecule has 0 saturated carbocycles. The zero-order chi connectivity index (χ0) is 15.3. The number of carbonyl (C=O) groups is 1. The standard InChI is InChI=1S/C14H27N5O/c1-6-8-18(10-12(20)17(4)5)14-13(15)11(3)16-19(14)9-7-2/h6-10,15H2,1-5H3. The van der Waals surface area contributed by atoms with Gasteiger partial charge in [0, 0.05) is 27.2 Å². The fraction of sp³-hybridized carbons (Fsp3) is 0.714. The van der Waals surface area contributed by atoms with E-state index in [0.29, 0.717) is 12.2 Å². The SMILES string of the molecule is CCCN(CC(=O)N(C)C)c1c(N)c(C)nn1CCC. The molecule has 0 unspecified atom stereocenters. The normalized spacial score (nSPS) is 10.7. The summed E-state index contributed by atoms with van der Waals surface area (Å²) in [5, 5.41) is 4.48. The highest BCUT2D eigenvalue weighted by atomic mass is 16.2. The summed E-state index contributed by atoms with van der Waals surface area (Å²) in [5.41, 5.74) is 7.67. The number of anilines is 2. The predicted octanol–water partition coefficient (Wildman–Crippen LogP) is 1.49. The van der Waals surface area contributed by atoms with E-state index in [1.54, 1.807) is 19.0 Å². The van der Waals surface area contributed by atoms with Gasteiger partial charge in [0.15, 0.2) is 5.82 Å². The fourth-order valence-corrected chi connectivity index (χ4v) is 2.12. The minimum Gasteiger partial charge on any atom is -0.394 e. The number of nitrogen functional groups attached to an aromatic ring is 1.